The molecule has 1 aliphatic carbocycles. The van der Waals surface area contributed by atoms with E-state index < -0.39 is 0 Å². The Kier molecular flexibility index (Phi) is 10.3. The molecule has 0 radical (unpaired) electrons. The predicted octanol–water partition coefficient (Wildman–Crippen LogP) is 7.40. The largest absolute Gasteiger partial charge is 0.299 e. The quantitative estimate of drug-likeness (QED) is 0.205. The molecule has 1 saturated carbocycles. The minimum absolute atomic E-state index is 0.239. The highest BCUT2D eigenvalue weighted by molar-refractivity contribution is 6.02. The molecule has 3 heteroatoms. The van der Waals surface area contributed by atoms with E-state index in [-0.39, 0.29) is 11.8 Å². The number of carbonyl (C=O) groups is 1. The van der Waals surface area contributed by atoms with Crippen molar-refractivity contribution in [3.63, 3.8) is 0 Å². The van der Waals surface area contributed by atoms with Gasteiger partial charge in [0, 0.05) is 42.9 Å². The zero-order valence-electron chi connectivity index (χ0n) is 20.9. The van der Waals surface area contributed by atoms with Crippen LogP contribution in [0.15, 0.2) is 53.8 Å². The lowest BCUT2D eigenvalue weighted by Gasteiger charge is -2.22. The third-order valence-electron chi connectivity index (χ3n) is 7.40. The van der Waals surface area contributed by atoms with Gasteiger partial charge in [-0.2, -0.15) is 0 Å². The number of pyridine rings is 1. The number of nitrogens with zero attached hydrogens (tertiary/aromatic N) is 2. The first-order valence-electron chi connectivity index (χ1n) is 13.1. The average molecular weight is 447 g/mol. The number of carbonyl (C=O) groups excluding carboxylic acids is 1. The van der Waals surface area contributed by atoms with Gasteiger partial charge < -0.3 is 0 Å². The molecule has 3 nitrogen and oxygen atoms in total. The molecule has 0 aliphatic heterocycles. The van der Waals surface area contributed by atoms with Crippen LogP contribution in [0.2, 0.25) is 0 Å². The van der Waals surface area contributed by atoms with Crippen molar-refractivity contribution in [2.45, 2.75) is 84.5 Å². The van der Waals surface area contributed by atoms with Crippen molar-refractivity contribution in [1.82, 2.24) is 4.98 Å². The summed E-state index contributed by atoms with van der Waals surface area (Å²) in [5, 5.41) is 0. The first-order chi connectivity index (χ1) is 16.1. The van der Waals surface area contributed by atoms with Crippen LogP contribution in [-0.2, 0) is 11.2 Å². The number of unbranched alkanes of at least 4 members (excludes halogenated alkanes) is 1. The zero-order chi connectivity index (χ0) is 23.5. The smallest absolute Gasteiger partial charge is 0.139 e. The lowest BCUT2D eigenvalue weighted by atomic mass is 9.82. The van der Waals surface area contributed by atoms with E-state index in [1.165, 1.54) is 22.4 Å². The molecule has 33 heavy (non-hydrogen) atoms. The van der Waals surface area contributed by atoms with E-state index in [9.17, 15) is 4.79 Å². The summed E-state index contributed by atoms with van der Waals surface area (Å²) in [6.07, 6.45) is 15.7. The molecule has 1 aromatic carbocycles. The van der Waals surface area contributed by atoms with Crippen LogP contribution in [0, 0.1) is 24.7 Å². The zero-order valence-corrected chi connectivity index (χ0v) is 20.9. The summed E-state index contributed by atoms with van der Waals surface area (Å²) in [6, 6.07) is 13.0. The standard InChI is InChI=1S/C30H42N2O/c1-4-8-27(10-6-5-9-24-19-21-32-22-20-24)30(33)28-12-7-11-25(17-18-28)29(31-3)26-15-13-23(2)14-16-26/h13-16,19-22,25,27-28H,4-12,17-18H2,1-3H3. The number of aromatic nitrogens is 1. The van der Waals surface area contributed by atoms with Gasteiger partial charge in [-0.25, -0.2) is 0 Å². The van der Waals surface area contributed by atoms with Gasteiger partial charge in [-0.3, -0.25) is 14.8 Å². The molecule has 1 fully saturated rings. The van der Waals surface area contributed by atoms with Gasteiger partial charge >= 0.3 is 0 Å². The van der Waals surface area contributed by atoms with Crippen molar-refractivity contribution in [2.75, 3.05) is 7.05 Å². The van der Waals surface area contributed by atoms with E-state index in [1.54, 1.807) is 0 Å². The summed E-state index contributed by atoms with van der Waals surface area (Å²) >= 11 is 0. The summed E-state index contributed by atoms with van der Waals surface area (Å²) in [5.74, 6) is 1.50. The van der Waals surface area contributed by atoms with Crippen molar-refractivity contribution < 1.29 is 4.79 Å². The van der Waals surface area contributed by atoms with E-state index >= 15 is 0 Å². The van der Waals surface area contributed by atoms with Crippen molar-refractivity contribution >= 4 is 11.5 Å². The van der Waals surface area contributed by atoms with E-state index in [1.807, 2.05) is 19.4 Å². The Morgan fingerprint density at radius 2 is 1.67 bits per heavy atom. The molecule has 178 valence electrons. The second kappa shape index (κ2) is 13.4. The van der Waals surface area contributed by atoms with E-state index in [2.05, 4.69) is 55.2 Å². The van der Waals surface area contributed by atoms with Crippen LogP contribution in [0.3, 0.4) is 0 Å². The highest BCUT2D eigenvalue weighted by Gasteiger charge is 2.30. The first kappa shape index (κ1) is 25.3. The number of benzene rings is 1. The van der Waals surface area contributed by atoms with Crippen molar-refractivity contribution in [2.24, 2.45) is 22.7 Å². The molecule has 1 heterocycles. The van der Waals surface area contributed by atoms with E-state index in [0.717, 1.165) is 70.6 Å². The average Bonchev–Trinajstić information content (AvgIpc) is 3.09. The predicted molar refractivity (Wildman–Crippen MR) is 139 cm³/mol. The van der Waals surface area contributed by atoms with Gasteiger partial charge in [0.25, 0.3) is 0 Å². The molecular weight excluding hydrogens is 404 g/mol. The van der Waals surface area contributed by atoms with Gasteiger partial charge in [0.2, 0.25) is 0 Å². The number of hydrogen-bond donors (Lipinski definition) is 0. The maximum Gasteiger partial charge on any atom is 0.139 e. The summed E-state index contributed by atoms with van der Waals surface area (Å²) in [7, 11) is 1.92. The van der Waals surface area contributed by atoms with Crippen molar-refractivity contribution in [3.8, 4) is 0 Å². The van der Waals surface area contributed by atoms with Crippen molar-refractivity contribution in [1.29, 1.82) is 0 Å². The normalized spacial score (nSPS) is 20.3. The molecule has 2 aromatic rings. The van der Waals surface area contributed by atoms with E-state index in [0.29, 0.717) is 11.7 Å². The Morgan fingerprint density at radius 3 is 2.36 bits per heavy atom. The summed E-state index contributed by atoms with van der Waals surface area (Å²) < 4.78 is 0. The maximum absolute atomic E-state index is 13.5. The summed E-state index contributed by atoms with van der Waals surface area (Å²) in [4.78, 5) is 22.3. The minimum Gasteiger partial charge on any atom is -0.299 e. The van der Waals surface area contributed by atoms with Gasteiger partial charge in [0.1, 0.15) is 5.78 Å². The van der Waals surface area contributed by atoms with Crippen LogP contribution in [0.25, 0.3) is 0 Å². The van der Waals surface area contributed by atoms with Crippen LogP contribution >= 0.6 is 0 Å². The van der Waals surface area contributed by atoms with Crippen molar-refractivity contribution in [3.05, 3.63) is 65.5 Å². The lowest BCUT2D eigenvalue weighted by Crippen LogP contribution is -2.24. The number of ketones is 1. The number of aryl methyl sites for hydroxylation is 2. The Labute approximate surface area is 201 Å². The highest BCUT2D eigenvalue weighted by atomic mass is 16.1. The Hall–Kier alpha value is -2.29. The Bertz CT molecular complexity index is 872. The fourth-order valence-corrected chi connectivity index (χ4v) is 5.51. The fraction of sp³-hybridized carbons (Fsp3) is 0.567. The van der Waals surface area contributed by atoms with Gasteiger partial charge in [0.05, 0.1) is 0 Å². The Morgan fingerprint density at radius 1 is 0.970 bits per heavy atom. The van der Waals surface area contributed by atoms with Crippen LogP contribution < -0.4 is 0 Å². The maximum atomic E-state index is 13.5. The third-order valence-corrected chi connectivity index (χ3v) is 7.40. The molecule has 3 atom stereocenters. The second-order valence-electron chi connectivity index (χ2n) is 9.87. The number of Topliss-reactive ketones (excluding diaryl/α,β-unsaturated/α-hetero) is 1. The highest BCUT2D eigenvalue weighted by Crippen LogP contribution is 2.33. The molecular formula is C30H42N2O. The molecule has 0 saturated heterocycles. The van der Waals surface area contributed by atoms with Crippen LogP contribution in [0.4, 0.5) is 0 Å². The number of hydrogen-bond acceptors (Lipinski definition) is 3. The fourth-order valence-electron chi connectivity index (χ4n) is 5.51. The van der Waals surface area contributed by atoms with Crippen LogP contribution in [0.1, 0.15) is 87.8 Å². The minimum atomic E-state index is 0.239. The van der Waals surface area contributed by atoms with Gasteiger partial charge in [-0.15, -0.1) is 0 Å². The van der Waals surface area contributed by atoms with Gasteiger partial charge in [0.15, 0.2) is 0 Å². The second-order valence-corrected chi connectivity index (χ2v) is 9.87. The molecule has 3 rings (SSSR count). The monoisotopic (exact) mass is 446 g/mol. The molecule has 0 amide bonds. The molecule has 3 unspecified atom stereocenters. The molecule has 1 aliphatic rings. The van der Waals surface area contributed by atoms with Crippen LogP contribution in [-0.4, -0.2) is 23.5 Å². The van der Waals surface area contributed by atoms with E-state index in [4.69, 9.17) is 4.99 Å². The summed E-state index contributed by atoms with van der Waals surface area (Å²) in [6.45, 7) is 4.34. The Balaban J connectivity index is 1.53. The number of aliphatic imine (C=N–C) groups is 1. The lowest BCUT2D eigenvalue weighted by molar-refractivity contribution is -0.127. The molecule has 0 spiro atoms. The van der Waals surface area contributed by atoms with Gasteiger partial charge in [-0.05, 0) is 81.5 Å². The van der Waals surface area contributed by atoms with Crippen LogP contribution in [0.5, 0.6) is 0 Å². The number of rotatable bonds is 11. The summed E-state index contributed by atoms with van der Waals surface area (Å²) in [5.41, 5.74) is 5.10. The van der Waals surface area contributed by atoms with Gasteiger partial charge in [-0.1, -0.05) is 56.0 Å². The first-order valence-corrected chi connectivity index (χ1v) is 13.1. The topological polar surface area (TPSA) is 42.3 Å². The molecule has 0 bridgehead atoms. The SMILES string of the molecule is CCCC(CCCCc1ccncc1)C(=O)C1CCCC(C(=NC)c2ccc(C)cc2)CC1. The molecule has 1 aromatic heterocycles. The molecule has 0 N–H and O–H groups in total. The third kappa shape index (κ3) is 7.62.